The second kappa shape index (κ2) is 6.72. The van der Waals surface area contributed by atoms with E-state index in [1.807, 2.05) is 19.3 Å². The third kappa shape index (κ3) is 2.89. The normalized spacial score (nSPS) is 25.9. The molecule has 3 aliphatic rings. The molecule has 0 aliphatic carbocycles. The van der Waals surface area contributed by atoms with Crippen molar-refractivity contribution in [2.24, 2.45) is 7.05 Å². The molecule has 3 aliphatic heterocycles. The maximum absolute atomic E-state index is 9.30. The predicted octanol–water partition coefficient (Wildman–Crippen LogP) is 1.29. The topological polar surface area (TPSA) is 95.1 Å². The molecule has 5 rings (SSSR count). The van der Waals surface area contributed by atoms with Gasteiger partial charge in [-0.3, -0.25) is 9.58 Å². The molecule has 5 heterocycles. The number of piperazine rings is 1. The number of hydrogen-bond donors (Lipinski definition) is 1. The van der Waals surface area contributed by atoms with Gasteiger partial charge in [0.05, 0.1) is 43.1 Å². The summed E-state index contributed by atoms with van der Waals surface area (Å²) in [5.41, 5.74) is 0.790. The molecule has 146 valence electrons. The summed E-state index contributed by atoms with van der Waals surface area (Å²) >= 11 is 0. The average Bonchev–Trinajstić information content (AvgIpc) is 3.18. The molecule has 9 nitrogen and oxygen atoms in total. The molecule has 9 heteroatoms. The first-order valence-electron chi connectivity index (χ1n) is 9.74. The molecule has 0 amide bonds. The number of ether oxygens (including phenoxy) is 1. The molecule has 28 heavy (non-hydrogen) atoms. The van der Waals surface area contributed by atoms with Crippen LogP contribution in [0.2, 0.25) is 0 Å². The lowest BCUT2D eigenvalue weighted by atomic mass is 9.88. The van der Waals surface area contributed by atoms with Gasteiger partial charge in [0.25, 0.3) is 0 Å². The zero-order valence-corrected chi connectivity index (χ0v) is 16.0. The SMILES string of the molecule is Cn1cc(Nc2nccc(N3C[C@H]4CC[C@@H](C3)N4C3(CC#N)COC3)n2)cn1. The molecule has 0 saturated carbocycles. The lowest BCUT2D eigenvalue weighted by Gasteiger charge is -2.55. The van der Waals surface area contributed by atoms with E-state index < -0.39 is 0 Å². The highest BCUT2D eigenvalue weighted by Gasteiger charge is 2.54. The Kier molecular flexibility index (Phi) is 4.18. The van der Waals surface area contributed by atoms with Crippen LogP contribution in [0.5, 0.6) is 0 Å². The number of aryl methyl sites for hydroxylation is 1. The van der Waals surface area contributed by atoms with Gasteiger partial charge in [-0.25, -0.2) is 4.98 Å². The highest BCUT2D eigenvalue weighted by molar-refractivity contribution is 5.53. The van der Waals surface area contributed by atoms with Gasteiger partial charge in [-0.1, -0.05) is 0 Å². The first kappa shape index (κ1) is 17.4. The first-order valence-corrected chi connectivity index (χ1v) is 9.74. The molecule has 3 fully saturated rings. The number of nitrogens with one attached hydrogen (secondary N) is 1. The van der Waals surface area contributed by atoms with Crippen LogP contribution in [0.3, 0.4) is 0 Å². The summed E-state index contributed by atoms with van der Waals surface area (Å²) in [5.74, 6) is 1.52. The van der Waals surface area contributed by atoms with Crippen molar-refractivity contribution < 1.29 is 4.74 Å². The minimum atomic E-state index is -0.0780. The van der Waals surface area contributed by atoms with Crippen LogP contribution in [0, 0.1) is 11.3 Å². The fourth-order valence-corrected chi connectivity index (χ4v) is 4.89. The van der Waals surface area contributed by atoms with Crippen molar-refractivity contribution >= 4 is 17.5 Å². The van der Waals surface area contributed by atoms with Crippen LogP contribution in [0.1, 0.15) is 19.3 Å². The van der Waals surface area contributed by atoms with E-state index in [-0.39, 0.29) is 5.54 Å². The summed E-state index contributed by atoms with van der Waals surface area (Å²) < 4.78 is 7.25. The second-order valence-electron chi connectivity index (χ2n) is 8.02. The Morgan fingerprint density at radius 2 is 2.11 bits per heavy atom. The Morgan fingerprint density at radius 1 is 1.32 bits per heavy atom. The highest BCUT2D eigenvalue weighted by Crippen LogP contribution is 2.42. The maximum atomic E-state index is 9.30. The van der Waals surface area contributed by atoms with Gasteiger partial charge in [-0.15, -0.1) is 0 Å². The molecule has 2 bridgehead atoms. The van der Waals surface area contributed by atoms with E-state index in [0.29, 0.717) is 37.7 Å². The van der Waals surface area contributed by atoms with Crippen LogP contribution in [0.15, 0.2) is 24.7 Å². The molecule has 0 radical (unpaired) electrons. The first-order chi connectivity index (χ1) is 13.7. The Balaban J connectivity index is 1.33. The van der Waals surface area contributed by atoms with Gasteiger partial charge in [0, 0.05) is 44.6 Å². The largest absolute Gasteiger partial charge is 0.377 e. The van der Waals surface area contributed by atoms with Crippen LogP contribution in [-0.2, 0) is 11.8 Å². The van der Waals surface area contributed by atoms with Crippen LogP contribution >= 0.6 is 0 Å². The van der Waals surface area contributed by atoms with E-state index in [2.05, 4.69) is 31.3 Å². The number of rotatable bonds is 5. The minimum absolute atomic E-state index is 0.0780. The monoisotopic (exact) mass is 380 g/mol. The molecule has 2 atom stereocenters. The number of hydrogen-bond acceptors (Lipinski definition) is 8. The van der Waals surface area contributed by atoms with Gasteiger partial charge < -0.3 is 15.0 Å². The van der Waals surface area contributed by atoms with E-state index in [9.17, 15) is 5.26 Å². The van der Waals surface area contributed by atoms with Crippen LogP contribution in [0.4, 0.5) is 17.5 Å². The Bertz CT molecular complexity index is 887. The number of anilines is 3. The number of aromatic nitrogens is 4. The standard InChI is InChI=1S/C19H24N8O/c1-25-9-14(8-22-25)23-18-21-7-4-17(24-18)26-10-15-2-3-16(11-26)27(15)19(5-6-20)12-28-13-19/h4,7-9,15-16H,2-3,5,10-13H2,1H3,(H,21,23,24)/t15-,16+. The third-order valence-corrected chi connectivity index (χ3v) is 6.11. The van der Waals surface area contributed by atoms with E-state index in [0.717, 1.165) is 24.6 Å². The summed E-state index contributed by atoms with van der Waals surface area (Å²) in [6.07, 6.45) is 8.33. The molecular formula is C19H24N8O. The average molecular weight is 380 g/mol. The fraction of sp³-hybridized carbons (Fsp3) is 0.579. The van der Waals surface area contributed by atoms with Crippen molar-refractivity contribution in [2.75, 3.05) is 36.5 Å². The molecular weight excluding hydrogens is 356 g/mol. The van der Waals surface area contributed by atoms with Crippen molar-refractivity contribution in [3.05, 3.63) is 24.7 Å². The number of fused-ring (bicyclic) bond motifs is 2. The van der Waals surface area contributed by atoms with E-state index >= 15 is 0 Å². The van der Waals surface area contributed by atoms with E-state index in [1.165, 1.54) is 12.8 Å². The van der Waals surface area contributed by atoms with Crippen molar-refractivity contribution in [1.82, 2.24) is 24.6 Å². The van der Waals surface area contributed by atoms with Gasteiger partial charge in [0.1, 0.15) is 5.82 Å². The molecule has 0 unspecified atom stereocenters. The smallest absolute Gasteiger partial charge is 0.229 e. The van der Waals surface area contributed by atoms with Crippen molar-refractivity contribution in [2.45, 2.75) is 36.9 Å². The van der Waals surface area contributed by atoms with E-state index in [1.54, 1.807) is 17.1 Å². The predicted molar refractivity (Wildman–Crippen MR) is 103 cm³/mol. The Labute approximate surface area is 163 Å². The van der Waals surface area contributed by atoms with Gasteiger partial charge in [0.15, 0.2) is 0 Å². The van der Waals surface area contributed by atoms with Crippen molar-refractivity contribution in [3.63, 3.8) is 0 Å². The van der Waals surface area contributed by atoms with Crippen molar-refractivity contribution in [3.8, 4) is 6.07 Å². The summed E-state index contributed by atoms with van der Waals surface area (Å²) in [7, 11) is 1.88. The maximum Gasteiger partial charge on any atom is 0.229 e. The van der Waals surface area contributed by atoms with Crippen LogP contribution in [-0.4, -0.2) is 68.6 Å². The van der Waals surface area contributed by atoms with Gasteiger partial charge in [-0.05, 0) is 18.9 Å². The summed E-state index contributed by atoms with van der Waals surface area (Å²) in [5, 5.41) is 16.7. The minimum Gasteiger partial charge on any atom is -0.377 e. The summed E-state index contributed by atoms with van der Waals surface area (Å²) in [4.78, 5) is 14.0. The lowest BCUT2D eigenvalue weighted by Crippen LogP contribution is -2.70. The zero-order chi connectivity index (χ0) is 19.1. The number of nitrogens with zero attached hydrogens (tertiary/aromatic N) is 7. The van der Waals surface area contributed by atoms with Gasteiger partial charge in [-0.2, -0.15) is 15.3 Å². The fourth-order valence-electron chi connectivity index (χ4n) is 4.89. The third-order valence-electron chi connectivity index (χ3n) is 6.11. The lowest BCUT2D eigenvalue weighted by molar-refractivity contribution is -0.156. The molecule has 0 aromatic carbocycles. The van der Waals surface area contributed by atoms with Crippen LogP contribution < -0.4 is 10.2 Å². The molecule has 1 N–H and O–H groups in total. The van der Waals surface area contributed by atoms with Crippen molar-refractivity contribution in [1.29, 1.82) is 5.26 Å². The summed E-state index contributed by atoms with van der Waals surface area (Å²) in [6.45, 7) is 3.21. The van der Waals surface area contributed by atoms with Gasteiger partial charge in [0.2, 0.25) is 5.95 Å². The quantitative estimate of drug-likeness (QED) is 0.829. The summed E-state index contributed by atoms with van der Waals surface area (Å²) in [6, 6.07) is 5.24. The molecule has 0 spiro atoms. The highest BCUT2D eigenvalue weighted by atomic mass is 16.5. The van der Waals surface area contributed by atoms with E-state index in [4.69, 9.17) is 9.72 Å². The molecule has 2 aromatic rings. The molecule has 2 aromatic heterocycles. The van der Waals surface area contributed by atoms with Crippen LogP contribution in [0.25, 0.3) is 0 Å². The Hall–Kier alpha value is -2.70. The zero-order valence-electron chi connectivity index (χ0n) is 16.0. The van der Waals surface area contributed by atoms with Gasteiger partial charge >= 0.3 is 0 Å². The molecule has 3 saturated heterocycles. The second-order valence-corrected chi connectivity index (χ2v) is 8.02. The number of nitriles is 1. The Morgan fingerprint density at radius 3 is 2.71 bits per heavy atom.